The molecule has 1 aromatic heterocycles. The number of para-hydroxylation sites is 2. The van der Waals surface area contributed by atoms with Crippen molar-refractivity contribution in [2.75, 3.05) is 20.0 Å². The molecule has 0 aliphatic carbocycles. The number of hydrogen-bond acceptors (Lipinski definition) is 9. The van der Waals surface area contributed by atoms with E-state index in [4.69, 9.17) is 9.47 Å². The van der Waals surface area contributed by atoms with Crippen LogP contribution in [0.3, 0.4) is 0 Å². The van der Waals surface area contributed by atoms with Crippen molar-refractivity contribution in [3.8, 4) is 28.6 Å². The molecule has 4 rings (SSSR count). The SMILES string of the molecule is COc1ccc(-c2nnc(SCC(=O)N/N=C/C=C\c3ccccc3[N+](=O)[O-])n2-c2ccccc2)cc1OC. The molecular weight excluding hydrogens is 520 g/mol. The van der Waals surface area contributed by atoms with E-state index in [0.717, 1.165) is 11.3 Å². The smallest absolute Gasteiger partial charge is 0.276 e. The number of allylic oxidation sites excluding steroid dienone is 1. The summed E-state index contributed by atoms with van der Waals surface area (Å²) in [5.74, 6) is 1.40. The van der Waals surface area contributed by atoms with Crippen molar-refractivity contribution in [3.63, 3.8) is 0 Å². The fourth-order valence-electron chi connectivity index (χ4n) is 3.59. The lowest BCUT2D eigenvalue weighted by Gasteiger charge is -2.12. The van der Waals surface area contributed by atoms with Gasteiger partial charge in [-0.15, -0.1) is 10.2 Å². The van der Waals surface area contributed by atoms with Gasteiger partial charge < -0.3 is 9.47 Å². The fourth-order valence-corrected chi connectivity index (χ4v) is 4.34. The average Bonchev–Trinajstić information content (AvgIpc) is 3.40. The Morgan fingerprint density at radius 1 is 1.05 bits per heavy atom. The number of rotatable bonds is 11. The average molecular weight is 545 g/mol. The number of nitro benzene ring substituents is 1. The summed E-state index contributed by atoms with van der Waals surface area (Å²) in [6.07, 6.45) is 4.40. The quantitative estimate of drug-likeness (QED) is 0.124. The molecule has 0 radical (unpaired) electrons. The first kappa shape index (κ1) is 27.1. The van der Waals surface area contributed by atoms with Gasteiger partial charge in [0.05, 0.1) is 30.5 Å². The second-order valence-corrected chi connectivity index (χ2v) is 8.77. The van der Waals surface area contributed by atoms with Crippen molar-refractivity contribution in [2.45, 2.75) is 5.16 Å². The molecule has 0 aliphatic heterocycles. The van der Waals surface area contributed by atoms with Gasteiger partial charge in [-0.25, -0.2) is 5.43 Å². The van der Waals surface area contributed by atoms with Gasteiger partial charge >= 0.3 is 0 Å². The van der Waals surface area contributed by atoms with E-state index in [2.05, 4.69) is 20.7 Å². The number of methoxy groups -OCH3 is 2. The normalized spacial score (nSPS) is 11.1. The molecule has 0 fully saturated rings. The molecule has 0 bridgehead atoms. The summed E-state index contributed by atoms with van der Waals surface area (Å²) >= 11 is 1.20. The van der Waals surface area contributed by atoms with E-state index in [1.54, 1.807) is 44.6 Å². The number of aromatic nitrogens is 3. The standard InChI is InChI=1S/C27H24N6O5S/c1-37-23-15-14-20(17-24(23)38-2)26-30-31-27(32(26)21-11-4-3-5-12-21)39-18-25(34)29-28-16-8-10-19-9-6-7-13-22(19)33(35)36/h3-17H,18H2,1-2H3,(H,29,34)/b10-8-,28-16+. The molecule has 0 spiro atoms. The van der Waals surface area contributed by atoms with Gasteiger partial charge in [-0.1, -0.05) is 42.1 Å². The van der Waals surface area contributed by atoms with Crippen LogP contribution in [0.2, 0.25) is 0 Å². The zero-order chi connectivity index (χ0) is 27.6. The van der Waals surface area contributed by atoms with Crippen LogP contribution in [0, 0.1) is 10.1 Å². The Kier molecular flexibility index (Phi) is 9.03. The predicted molar refractivity (Wildman–Crippen MR) is 149 cm³/mol. The van der Waals surface area contributed by atoms with Crippen molar-refractivity contribution in [1.29, 1.82) is 0 Å². The van der Waals surface area contributed by atoms with E-state index < -0.39 is 4.92 Å². The van der Waals surface area contributed by atoms with Crippen molar-refractivity contribution in [2.24, 2.45) is 5.10 Å². The molecule has 39 heavy (non-hydrogen) atoms. The Labute approximate surface area is 228 Å². The van der Waals surface area contributed by atoms with Crippen molar-refractivity contribution < 1.29 is 19.2 Å². The molecule has 1 amide bonds. The third kappa shape index (κ3) is 6.67. The summed E-state index contributed by atoms with van der Waals surface area (Å²) in [4.78, 5) is 23.1. The number of thioether (sulfide) groups is 1. The lowest BCUT2D eigenvalue weighted by Crippen LogP contribution is -2.19. The number of carbonyl (C=O) groups excluding carboxylic acids is 1. The minimum absolute atomic E-state index is 0.0161. The van der Waals surface area contributed by atoms with E-state index in [9.17, 15) is 14.9 Å². The van der Waals surface area contributed by atoms with Gasteiger partial charge in [0.1, 0.15) is 0 Å². The molecule has 1 heterocycles. The Morgan fingerprint density at radius 3 is 2.54 bits per heavy atom. The molecule has 0 saturated heterocycles. The van der Waals surface area contributed by atoms with Crippen molar-refractivity contribution in [3.05, 3.63) is 94.6 Å². The molecule has 12 heteroatoms. The van der Waals surface area contributed by atoms with E-state index in [1.165, 1.54) is 30.1 Å². The number of benzene rings is 3. The molecule has 11 nitrogen and oxygen atoms in total. The molecule has 4 aromatic rings. The maximum absolute atomic E-state index is 12.4. The molecular formula is C27H24N6O5S. The number of hydrogen-bond donors (Lipinski definition) is 1. The van der Waals surface area contributed by atoms with Crippen LogP contribution in [0.5, 0.6) is 11.5 Å². The summed E-state index contributed by atoms with van der Waals surface area (Å²) in [5, 5.41) is 24.2. The zero-order valence-corrected chi connectivity index (χ0v) is 21.9. The van der Waals surface area contributed by atoms with Crippen LogP contribution in [-0.2, 0) is 4.79 Å². The van der Waals surface area contributed by atoms with Crippen LogP contribution < -0.4 is 14.9 Å². The van der Waals surface area contributed by atoms with Gasteiger partial charge in [0.2, 0.25) is 0 Å². The zero-order valence-electron chi connectivity index (χ0n) is 21.1. The van der Waals surface area contributed by atoms with Crippen LogP contribution >= 0.6 is 11.8 Å². The molecule has 0 atom stereocenters. The van der Waals surface area contributed by atoms with Gasteiger partial charge in [0.25, 0.3) is 11.6 Å². The molecule has 0 unspecified atom stereocenters. The molecule has 0 aliphatic rings. The number of nitrogens with one attached hydrogen (secondary N) is 1. The van der Waals surface area contributed by atoms with Crippen molar-refractivity contribution >= 4 is 35.6 Å². The highest BCUT2D eigenvalue weighted by Gasteiger charge is 2.18. The molecule has 3 aromatic carbocycles. The van der Waals surface area contributed by atoms with Gasteiger partial charge in [0, 0.05) is 23.5 Å². The molecule has 1 N–H and O–H groups in total. The summed E-state index contributed by atoms with van der Waals surface area (Å²) in [5.41, 5.74) is 4.44. The van der Waals surface area contributed by atoms with Gasteiger partial charge in [-0.3, -0.25) is 19.5 Å². The van der Waals surface area contributed by atoms with E-state index in [1.807, 2.05) is 47.0 Å². The number of ether oxygens (including phenoxy) is 2. The van der Waals surface area contributed by atoms with E-state index in [0.29, 0.717) is 28.0 Å². The predicted octanol–water partition coefficient (Wildman–Crippen LogP) is 4.77. The van der Waals surface area contributed by atoms with Crippen LogP contribution in [0.25, 0.3) is 23.2 Å². The third-order valence-corrected chi connectivity index (χ3v) is 6.31. The highest BCUT2D eigenvalue weighted by molar-refractivity contribution is 7.99. The van der Waals surface area contributed by atoms with Crippen LogP contribution in [0.4, 0.5) is 5.69 Å². The number of hydrazone groups is 1. The second kappa shape index (κ2) is 13.0. The number of carbonyl (C=O) groups is 1. The summed E-state index contributed by atoms with van der Waals surface area (Å²) in [7, 11) is 3.13. The van der Waals surface area contributed by atoms with Crippen LogP contribution in [-0.4, -0.2) is 51.8 Å². The van der Waals surface area contributed by atoms with Gasteiger partial charge in [-0.2, -0.15) is 5.10 Å². The number of amides is 1. The number of nitro groups is 1. The van der Waals surface area contributed by atoms with E-state index in [-0.39, 0.29) is 17.3 Å². The molecule has 0 saturated carbocycles. The van der Waals surface area contributed by atoms with Crippen LogP contribution in [0.1, 0.15) is 5.56 Å². The Balaban J connectivity index is 1.46. The lowest BCUT2D eigenvalue weighted by atomic mass is 10.2. The van der Waals surface area contributed by atoms with Crippen LogP contribution in [0.15, 0.2) is 89.1 Å². The highest BCUT2D eigenvalue weighted by atomic mass is 32.2. The fraction of sp³-hybridized carbons (Fsp3) is 0.111. The maximum Gasteiger partial charge on any atom is 0.276 e. The van der Waals surface area contributed by atoms with Gasteiger partial charge in [0.15, 0.2) is 22.5 Å². The monoisotopic (exact) mass is 544 g/mol. The Bertz CT molecular complexity index is 1520. The first-order valence-electron chi connectivity index (χ1n) is 11.6. The maximum atomic E-state index is 12.4. The lowest BCUT2D eigenvalue weighted by molar-refractivity contribution is -0.385. The first-order chi connectivity index (χ1) is 19.0. The second-order valence-electron chi connectivity index (χ2n) is 7.82. The van der Waals surface area contributed by atoms with Gasteiger partial charge in [-0.05, 0) is 48.6 Å². The summed E-state index contributed by atoms with van der Waals surface area (Å²) in [6.45, 7) is 0. The van der Waals surface area contributed by atoms with Crippen molar-refractivity contribution in [1.82, 2.24) is 20.2 Å². The topological polar surface area (TPSA) is 134 Å². The summed E-state index contributed by atoms with van der Waals surface area (Å²) < 4.78 is 12.6. The third-order valence-electron chi connectivity index (χ3n) is 5.38. The first-order valence-corrected chi connectivity index (χ1v) is 12.6. The summed E-state index contributed by atoms with van der Waals surface area (Å²) in [6, 6.07) is 21.4. The minimum Gasteiger partial charge on any atom is -0.493 e. The number of nitrogens with zero attached hydrogens (tertiary/aromatic N) is 5. The Morgan fingerprint density at radius 2 is 1.79 bits per heavy atom. The molecule has 198 valence electrons. The minimum atomic E-state index is -0.458. The van der Waals surface area contributed by atoms with E-state index >= 15 is 0 Å². The largest absolute Gasteiger partial charge is 0.493 e. The highest BCUT2D eigenvalue weighted by Crippen LogP contribution is 2.34. The Hall–Kier alpha value is -4.97.